The predicted octanol–water partition coefficient (Wildman–Crippen LogP) is 0.244. The van der Waals surface area contributed by atoms with E-state index in [0.29, 0.717) is 11.4 Å². The minimum atomic E-state index is -4.65. The van der Waals surface area contributed by atoms with Gasteiger partial charge >= 0.3 is 10.4 Å². The normalized spacial score (nSPS) is 12.3. The number of anilines is 2. The van der Waals surface area contributed by atoms with Crippen LogP contribution in [0.1, 0.15) is 6.92 Å². The van der Waals surface area contributed by atoms with Crippen molar-refractivity contribution in [2.24, 2.45) is 0 Å². The lowest BCUT2D eigenvalue weighted by atomic mass is 10.3. The van der Waals surface area contributed by atoms with Gasteiger partial charge in [-0.25, -0.2) is 12.6 Å². The number of rotatable bonds is 7. The highest BCUT2D eigenvalue weighted by Crippen LogP contribution is 2.20. The molecule has 1 aromatic carbocycles. The molecule has 1 rings (SSSR count). The molecule has 3 N–H and O–H groups in total. The van der Waals surface area contributed by atoms with E-state index in [0.717, 1.165) is 4.31 Å². The first-order valence-electron chi connectivity index (χ1n) is 5.63. The summed E-state index contributed by atoms with van der Waals surface area (Å²) in [5.41, 5.74) is 6.38. The number of nitrogens with two attached hydrogens (primary N) is 1. The Bertz CT molecular complexity index is 656. The fraction of sp³-hybridized carbons (Fsp3) is 0.400. The van der Waals surface area contributed by atoms with E-state index < -0.39 is 32.8 Å². The molecule has 0 saturated carbocycles. The molecule has 20 heavy (non-hydrogen) atoms. The molecule has 0 aliphatic rings. The summed E-state index contributed by atoms with van der Waals surface area (Å²) in [6.45, 7) is 1.11. The van der Waals surface area contributed by atoms with Crippen molar-refractivity contribution in [2.75, 3.05) is 28.9 Å². The fourth-order valence-corrected chi connectivity index (χ4v) is 3.32. The van der Waals surface area contributed by atoms with Gasteiger partial charge in [-0.15, -0.1) is 0 Å². The van der Waals surface area contributed by atoms with Crippen LogP contribution in [0.2, 0.25) is 0 Å². The SMILES string of the molecule is CCN(c1cccc(N)c1)S(=O)(=O)CCOS(=O)(=O)O. The first-order chi connectivity index (χ1) is 9.15. The molecule has 0 heterocycles. The van der Waals surface area contributed by atoms with Gasteiger partial charge in [-0.2, -0.15) is 8.42 Å². The first-order valence-corrected chi connectivity index (χ1v) is 8.61. The van der Waals surface area contributed by atoms with E-state index in [1.54, 1.807) is 25.1 Å². The summed E-state index contributed by atoms with van der Waals surface area (Å²) in [5, 5.41) is 0. The zero-order valence-electron chi connectivity index (χ0n) is 10.8. The van der Waals surface area contributed by atoms with E-state index in [1.807, 2.05) is 0 Å². The third kappa shape index (κ3) is 4.96. The molecule has 0 spiro atoms. The van der Waals surface area contributed by atoms with Crippen LogP contribution in [0.5, 0.6) is 0 Å². The molecule has 0 bridgehead atoms. The van der Waals surface area contributed by atoms with E-state index >= 15 is 0 Å². The van der Waals surface area contributed by atoms with Gasteiger partial charge in [0.2, 0.25) is 10.0 Å². The quantitative estimate of drug-likeness (QED) is 0.543. The highest BCUT2D eigenvalue weighted by atomic mass is 32.3. The Labute approximate surface area is 118 Å². The van der Waals surface area contributed by atoms with Crippen molar-refractivity contribution in [1.82, 2.24) is 0 Å². The molecule has 0 amide bonds. The van der Waals surface area contributed by atoms with E-state index in [-0.39, 0.29) is 6.54 Å². The standard InChI is InChI=1S/C10H16N2O6S2/c1-2-12(10-5-3-4-9(11)8-10)19(13,14)7-6-18-20(15,16)17/h3-5,8H,2,6-7,11H2,1H3,(H,15,16,17). The van der Waals surface area contributed by atoms with Gasteiger partial charge in [0.25, 0.3) is 0 Å². The van der Waals surface area contributed by atoms with Crippen LogP contribution in [0, 0.1) is 0 Å². The number of nitrogen functional groups attached to an aromatic ring is 1. The Morgan fingerprint density at radius 2 is 1.95 bits per heavy atom. The molecule has 114 valence electrons. The van der Waals surface area contributed by atoms with E-state index in [9.17, 15) is 16.8 Å². The van der Waals surface area contributed by atoms with E-state index in [1.165, 1.54) is 6.07 Å². The van der Waals surface area contributed by atoms with Gasteiger partial charge in [0, 0.05) is 12.2 Å². The Balaban J connectivity index is 2.88. The Morgan fingerprint density at radius 3 is 2.45 bits per heavy atom. The van der Waals surface area contributed by atoms with Crippen molar-refractivity contribution in [3.63, 3.8) is 0 Å². The summed E-state index contributed by atoms with van der Waals surface area (Å²) < 4.78 is 58.4. The van der Waals surface area contributed by atoms with Gasteiger partial charge in [0.15, 0.2) is 0 Å². The molecule has 0 saturated heterocycles. The highest BCUT2D eigenvalue weighted by Gasteiger charge is 2.22. The second-order valence-corrected chi connectivity index (χ2v) is 6.93. The van der Waals surface area contributed by atoms with Gasteiger partial charge in [-0.1, -0.05) is 6.07 Å². The van der Waals surface area contributed by atoms with Crippen LogP contribution in [-0.4, -0.2) is 40.3 Å². The first kappa shape index (κ1) is 16.7. The van der Waals surface area contributed by atoms with Crippen molar-refractivity contribution in [3.8, 4) is 0 Å². The van der Waals surface area contributed by atoms with Gasteiger partial charge in [-0.3, -0.25) is 8.86 Å². The molecule has 0 aromatic heterocycles. The zero-order chi connectivity index (χ0) is 15.4. The van der Waals surface area contributed by atoms with Crippen LogP contribution in [0.4, 0.5) is 11.4 Å². The third-order valence-corrected chi connectivity index (χ3v) is 4.64. The van der Waals surface area contributed by atoms with Crippen molar-refractivity contribution in [1.29, 1.82) is 0 Å². The van der Waals surface area contributed by atoms with Gasteiger partial charge in [0.1, 0.15) is 0 Å². The van der Waals surface area contributed by atoms with Crippen molar-refractivity contribution < 1.29 is 25.6 Å². The van der Waals surface area contributed by atoms with Crippen LogP contribution in [0.15, 0.2) is 24.3 Å². The molecule has 8 nitrogen and oxygen atoms in total. The number of nitrogens with zero attached hydrogens (tertiary/aromatic N) is 1. The lowest BCUT2D eigenvalue weighted by Gasteiger charge is -2.22. The second kappa shape index (κ2) is 6.39. The van der Waals surface area contributed by atoms with Crippen molar-refractivity contribution >= 4 is 31.8 Å². The predicted molar refractivity (Wildman–Crippen MR) is 75.2 cm³/mol. The van der Waals surface area contributed by atoms with Gasteiger partial charge in [-0.05, 0) is 25.1 Å². The molecule has 0 unspecified atom stereocenters. The molecule has 0 radical (unpaired) electrons. The minimum Gasteiger partial charge on any atom is -0.399 e. The number of hydrogen-bond acceptors (Lipinski definition) is 6. The summed E-state index contributed by atoms with van der Waals surface area (Å²) in [5.74, 6) is -0.588. The van der Waals surface area contributed by atoms with E-state index in [4.69, 9.17) is 10.3 Å². The molecule has 0 aliphatic heterocycles. The van der Waals surface area contributed by atoms with Crippen LogP contribution in [0.3, 0.4) is 0 Å². The lowest BCUT2D eigenvalue weighted by Crippen LogP contribution is -2.34. The summed E-state index contributed by atoms with van der Waals surface area (Å²) in [6, 6.07) is 6.29. The average Bonchev–Trinajstić information content (AvgIpc) is 2.27. The minimum absolute atomic E-state index is 0.150. The highest BCUT2D eigenvalue weighted by molar-refractivity contribution is 7.92. The second-order valence-electron chi connectivity index (χ2n) is 3.83. The summed E-state index contributed by atoms with van der Waals surface area (Å²) in [6.07, 6.45) is 0. The Morgan fingerprint density at radius 1 is 1.30 bits per heavy atom. The van der Waals surface area contributed by atoms with Crippen LogP contribution < -0.4 is 10.0 Å². The largest absolute Gasteiger partial charge is 0.399 e. The Kier molecular flexibility index (Phi) is 5.34. The van der Waals surface area contributed by atoms with Crippen molar-refractivity contribution in [2.45, 2.75) is 6.92 Å². The smallest absolute Gasteiger partial charge is 0.397 e. The van der Waals surface area contributed by atoms with Gasteiger partial charge < -0.3 is 5.73 Å². The zero-order valence-corrected chi connectivity index (χ0v) is 12.4. The number of sulfonamides is 1. The number of hydrogen-bond donors (Lipinski definition) is 2. The summed E-state index contributed by atoms with van der Waals surface area (Å²) in [7, 11) is -8.44. The lowest BCUT2D eigenvalue weighted by molar-refractivity contribution is 0.284. The molecule has 1 aromatic rings. The molecule has 0 fully saturated rings. The molecule has 10 heteroatoms. The van der Waals surface area contributed by atoms with Crippen molar-refractivity contribution in [3.05, 3.63) is 24.3 Å². The van der Waals surface area contributed by atoms with E-state index in [2.05, 4.69) is 4.18 Å². The maximum absolute atomic E-state index is 12.1. The maximum atomic E-state index is 12.1. The topological polar surface area (TPSA) is 127 Å². The van der Waals surface area contributed by atoms with Crippen LogP contribution in [0.25, 0.3) is 0 Å². The van der Waals surface area contributed by atoms with Crippen LogP contribution >= 0.6 is 0 Å². The van der Waals surface area contributed by atoms with Gasteiger partial charge in [0.05, 0.1) is 18.0 Å². The fourth-order valence-electron chi connectivity index (χ4n) is 1.57. The molecule has 0 atom stereocenters. The maximum Gasteiger partial charge on any atom is 0.397 e. The molecular formula is C10H16N2O6S2. The molecular weight excluding hydrogens is 308 g/mol. The average molecular weight is 324 g/mol. The summed E-state index contributed by atoms with van der Waals surface area (Å²) >= 11 is 0. The van der Waals surface area contributed by atoms with Crippen LogP contribution in [-0.2, 0) is 24.6 Å². The number of benzene rings is 1. The monoisotopic (exact) mass is 324 g/mol. The third-order valence-electron chi connectivity index (χ3n) is 2.35. The Hall–Kier alpha value is -1.36. The molecule has 0 aliphatic carbocycles. The summed E-state index contributed by atoms with van der Waals surface area (Å²) in [4.78, 5) is 0.